The Balaban J connectivity index is 2.37. The predicted molar refractivity (Wildman–Crippen MR) is 74.3 cm³/mol. The number of rotatable bonds is 8. The molecule has 0 amide bonds. The van der Waals surface area contributed by atoms with Crippen molar-refractivity contribution in [2.75, 3.05) is 26.8 Å². The van der Waals surface area contributed by atoms with Crippen LogP contribution in [0.2, 0.25) is 0 Å². The predicted octanol–water partition coefficient (Wildman–Crippen LogP) is 3.47. The van der Waals surface area contributed by atoms with Gasteiger partial charge < -0.3 is 10.1 Å². The van der Waals surface area contributed by atoms with E-state index in [9.17, 15) is 0 Å². The number of hydrogen-bond donors (Lipinski definition) is 1. The first-order valence-electron chi connectivity index (χ1n) is 7.51. The van der Waals surface area contributed by atoms with Crippen molar-refractivity contribution < 1.29 is 4.74 Å². The third kappa shape index (κ3) is 5.39. The first kappa shape index (κ1) is 15.0. The van der Waals surface area contributed by atoms with Crippen molar-refractivity contribution in [3.63, 3.8) is 0 Å². The molecule has 3 unspecified atom stereocenters. The van der Waals surface area contributed by atoms with Gasteiger partial charge in [0, 0.05) is 13.7 Å². The minimum absolute atomic E-state index is 0.912. The largest absolute Gasteiger partial charge is 0.385 e. The minimum atomic E-state index is 0.912. The molecule has 1 rings (SSSR count). The van der Waals surface area contributed by atoms with Crippen LogP contribution < -0.4 is 5.32 Å². The summed E-state index contributed by atoms with van der Waals surface area (Å²) in [6.45, 7) is 7.82. The Morgan fingerprint density at radius 3 is 2.65 bits per heavy atom. The summed E-state index contributed by atoms with van der Waals surface area (Å²) in [5.41, 5.74) is 0. The van der Waals surface area contributed by atoms with Crippen LogP contribution >= 0.6 is 0 Å². The fourth-order valence-corrected chi connectivity index (χ4v) is 3.24. The van der Waals surface area contributed by atoms with Gasteiger partial charge in [0.05, 0.1) is 0 Å². The lowest BCUT2D eigenvalue weighted by atomic mass is 9.71. The molecule has 2 nitrogen and oxygen atoms in total. The monoisotopic (exact) mass is 241 g/mol. The van der Waals surface area contributed by atoms with E-state index in [0.29, 0.717) is 0 Å². The summed E-state index contributed by atoms with van der Waals surface area (Å²) in [6.07, 6.45) is 8.31. The molecule has 3 atom stereocenters. The first-order valence-corrected chi connectivity index (χ1v) is 7.51. The van der Waals surface area contributed by atoms with Gasteiger partial charge in [-0.15, -0.1) is 0 Å². The van der Waals surface area contributed by atoms with E-state index in [2.05, 4.69) is 19.2 Å². The van der Waals surface area contributed by atoms with E-state index in [-0.39, 0.29) is 0 Å². The molecule has 1 fully saturated rings. The second kappa shape index (κ2) is 8.93. The van der Waals surface area contributed by atoms with Crippen LogP contribution in [0.5, 0.6) is 0 Å². The lowest BCUT2D eigenvalue weighted by Crippen LogP contribution is -2.33. The van der Waals surface area contributed by atoms with Gasteiger partial charge in [-0.25, -0.2) is 0 Å². The van der Waals surface area contributed by atoms with Crippen LogP contribution in [0.1, 0.15) is 52.4 Å². The van der Waals surface area contributed by atoms with Gasteiger partial charge in [0.2, 0.25) is 0 Å². The maximum Gasteiger partial charge on any atom is 0.0462 e. The molecule has 0 saturated heterocycles. The van der Waals surface area contributed by atoms with E-state index in [4.69, 9.17) is 4.74 Å². The molecule has 0 aromatic carbocycles. The molecule has 0 radical (unpaired) electrons. The van der Waals surface area contributed by atoms with Gasteiger partial charge in [-0.3, -0.25) is 0 Å². The van der Waals surface area contributed by atoms with Gasteiger partial charge >= 0.3 is 0 Å². The van der Waals surface area contributed by atoms with Crippen LogP contribution in [0.3, 0.4) is 0 Å². The fourth-order valence-electron chi connectivity index (χ4n) is 3.24. The molecular formula is C15H31NO. The summed E-state index contributed by atoms with van der Waals surface area (Å²) in [5.74, 6) is 2.83. The maximum atomic E-state index is 5.19. The number of nitrogens with one attached hydrogen (secondary N) is 1. The van der Waals surface area contributed by atoms with Gasteiger partial charge in [0.15, 0.2) is 0 Å². The Kier molecular flexibility index (Phi) is 7.87. The smallest absolute Gasteiger partial charge is 0.0462 e. The maximum absolute atomic E-state index is 5.19. The number of ether oxygens (including phenoxy) is 1. The van der Waals surface area contributed by atoms with Crippen molar-refractivity contribution in [2.45, 2.75) is 52.4 Å². The molecule has 1 aliphatic rings. The molecule has 1 saturated carbocycles. The van der Waals surface area contributed by atoms with Crippen molar-refractivity contribution in [1.29, 1.82) is 0 Å². The van der Waals surface area contributed by atoms with Crippen LogP contribution in [-0.4, -0.2) is 26.8 Å². The van der Waals surface area contributed by atoms with Crippen LogP contribution in [-0.2, 0) is 4.74 Å². The number of hydrogen-bond acceptors (Lipinski definition) is 2. The van der Waals surface area contributed by atoms with E-state index < -0.39 is 0 Å². The van der Waals surface area contributed by atoms with Gasteiger partial charge in [-0.05, 0) is 56.5 Å². The summed E-state index contributed by atoms with van der Waals surface area (Å²) in [4.78, 5) is 0. The Morgan fingerprint density at radius 1 is 1.18 bits per heavy atom. The van der Waals surface area contributed by atoms with E-state index in [1.807, 2.05) is 7.11 Å². The van der Waals surface area contributed by atoms with E-state index >= 15 is 0 Å². The SMILES string of the molecule is CCNCC1CCC(CC)CC1CCCOC. The summed E-state index contributed by atoms with van der Waals surface area (Å²) >= 11 is 0. The van der Waals surface area contributed by atoms with Crippen molar-refractivity contribution in [1.82, 2.24) is 5.32 Å². The molecule has 2 heteroatoms. The summed E-state index contributed by atoms with van der Waals surface area (Å²) in [7, 11) is 1.81. The van der Waals surface area contributed by atoms with Gasteiger partial charge in [-0.2, -0.15) is 0 Å². The second-order valence-corrected chi connectivity index (χ2v) is 5.55. The zero-order valence-electron chi connectivity index (χ0n) is 12.0. The van der Waals surface area contributed by atoms with E-state index in [1.54, 1.807) is 0 Å². The lowest BCUT2D eigenvalue weighted by molar-refractivity contribution is 0.138. The highest BCUT2D eigenvalue weighted by Crippen LogP contribution is 2.37. The molecule has 0 aliphatic heterocycles. The molecule has 0 spiro atoms. The molecule has 0 aromatic rings. The zero-order valence-corrected chi connectivity index (χ0v) is 12.0. The number of methoxy groups -OCH3 is 1. The third-order valence-electron chi connectivity index (χ3n) is 4.41. The lowest BCUT2D eigenvalue weighted by Gasteiger charge is -2.36. The third-order valence-corrected chi connectivity index (χ3v) is 4.41. The molecular weight excluding hydrogens is 210 g/mol. The highest BCUT2D eigenvalue weighted by atomic mass is 16.5. The van der Waals surface area contributed by atoms with Gasteiger partial charge in [0.25, 0.3) is 0 Å². The minimum Gasteiger partial charge on any atom is -0.385 e. The summed E-state index contributed by atoms with van der Waals surface area (Å²) < 4.78 is 5.19. The van der Waals surface area contributed by atoms with Gasteiger partial charge in [0.1, 0.15) is 0 Å². The summed E-state index contributed by atoms with van der Waals surface area (Å²) in [6, 6.07) is 0. The molecule has 1 aliphatic carbocycles. The van der Waals surface area contributed by atoms with Crippen LogP contribution in [0.4, 0.5) is 0 Å². The fraction of sp³-hybridized carbons (Fsp3) is 1.00. The molecule has 102 valence electrons. The second-order valence-electron chi connectivity index (χ2n) is 5.55. The van der Waals surface area contributed by atoms with Crippen LogP contribution in [0.15, 0.2) is 0 Å². The Labute approximate surface area is 108 Å². The van der Waals surface area contributed by atoms with E-state index in [1.165, 1.54) is 45.1 Å². The highest BCUT2D eigenvalue weighted by Gasteiger charge is 2.28. The summed E-state index contributed by atoms with van der Waals surface area (Å²) in [5, 5.41) is 3.54. The molecule has 0 aromatic heterocycles. The zero-order chi connectivity index (χ0) is 12.5. The average Bonchev–Trinajstić information content (AvgIpc) is 2.37. The molecule has 0 heterocycles. The normalized spacial score (nSPS) is 29.5. The van der Waals surface area contributed by atoms with Crippen LogP contribution in [0, 0.1) is 17.8 Å². The Hall–Kier alpha value is -0.0800. The topological polar surface area (TPSA) is 21.3 Å². The highest BCUT2D eigenvalue weighted by molar-refractivity contribution is 4.81. The first-order chi connectivity index (χ1) is 8.31. The molecule has 1 N–H and O–H groups in total. The van der Waals surface area contributed by atoms with Crippen molar-refractivity contribution >= 4 is 0 Å². The Morgan fingerprint density at radius 2 is 2.00 bits per heavy atom. The van der Waals surface area contributed by atoms with Crippen molar-refractivity contribution in [3.05, 3.63) is 0 Å². The average molecular weight is 241 g/mol. The van der Waals surface area contributed by atoms with Crippen molar-refractivity contribution in [2.24, 2.45) is 17.8 Å². The van der Waals surface area contributed by atoms with Gasteiger partial charge in [-0.1, -0.05) is 26.7 Å². The molecule has 0 bridgehead atoms. The quantitative estimate of drug-likeness (QED) is 0.657. The standard InChI is InChI=1S/C15H31NO/c1-4-13-8-9-15(12-16-5-2)14(11-13)7-6-10-17-3/h13-16H,4-12H2,1-3H3. The van der Waals surface area contributed by atoms with Crippen LogP contribution in [0.25, 0.3) is 0 Å². The van der Waals surface area contributed by atoms with Crippen molar-refractivity contribution in [3.8, 4) is 0 Å². The Bertz CT molecular complexity index is 184. The van der Waals surface area contributed by atoms with E-state index in [0.717, 1.165) is 30.9 Å². The molecule has 17 heavy (non-hydrogen) atoms.